The normalized spacial score (nSPS) is 11.2. The summed E-state index contributed by atoms with van der Waals surface area (Å²) in [5.41, 5.74) is 4.86. The first-order chi connectivity index (χ1) is 16.8. The minimum absolute atomic E-state index is 1.03. The fourth-order valence-electron chi connectivity index (χ4n) is 4.82. The standard InChI is InChI=1S/C32H52N2/c1-3-5-7-9-11-13-15-17-19-21-29-23-25-33-31(27-29)32-28-30(24-26-34-32)22-20-18-16-14-12-10-8-6-4-2/h23-28H,3-22H2,1-2H3. The number of pyridine rings is 2. The molecule has 2 aromatic rings. The smallest absolute Gasteiger partial charge is 0.0888 e. The Morgan fingerprint density at radius 3 is 1.12 bits per heavy atom. The molecule has 0 fully saturated rings. The van der Waals surface area contributed by atoms with Gasteiger partial charge in [-0.1, -0.05) is 117 Å². The van der Waals surface area contributed by atoms with E-state index in [1.165, 1.54) is 127 Å². The summed E-state index contributed by atoms with van der Waals surface area (Å²) in [6.45, 7) is 4.58. The summed E-state index contributed by atoms with van der Waals surface area (Å²) in [4.78, 5) is 9.27. The van der Waals surface area contributed by atoms with Gasteiger partial charge in [-0.25, -0.2) is 0 Å². The molecule has 2 heterocycles. The van der Waals surface area contributed by atoms with Gasteiger partial charge < -0.3 is 0 Å². The second kappa shape index (κ2) is 19.6. The molecule has 0 N–H and O–H groups in total. The number of rotatable bonds is 21. The lowest BCUT2D eigenvalue weighted by Crippen LogP contribution is -1.94. The van der Waals surface area contributed by atoms with Gasteiger partial charge in [0, 0.05) is 12.4 Å². The first kappa shape index (κ1) is 28.5. The molecule has 0 aromatic carbocycles. The number of hydrogen-bond acceptors (Lipinski definition) is 2. The van der Waals surface area contributed by atoms with Crippen LogP contribution in [0.15, 0.2) is 36.7 Å². The van der Waals surface area contributed by atoms with Crippen LogP contribution in [0.25, 0.3) is 11.4 Å². The van der Waals surface area contributed by atoms with Crippen LogP contribution < -0.4 is 0 Å². The van der Waals surface area contributed by atoms with Crippen molar-refractivity contribution in [2.45, 2.75) is 142 Å². The second-order valence-electron chi connectivity index (χ2n) is 10.3. The lowest BCUT2D eigenvalue weighted by atomic mass is 10.0. The average Bonchev–Trinajstić information content (AvgIpc) is 2.87. The van der Waals surface area contributed by atoms with Crippen LogP contribution in [0.2, 0.25) is 0 Å². The maximum atomic E-state index is 4.63. The third kappa shape index (κ3) is 13.3. The molecule has 0 aliphatic heterocycles. The zero-order chi connectivity index (χ0) is 24.1. The Kier molecular flexibility index (Phi) is 16.4. The van der Waals surface area contributed by atoms with Crippen LogP contribution in [0.4, 0.5) is 0 Å². The highest BCUT2D eigenvalue weighted by atomic mass is 14.8. The molecule has 0 radical (unpaired) electrons. The predicted molar refractivity (Wildman–Crippen MR) is 149 cm³/mol. The summed E-state index contributed by atoms with van der Waals surface area (Å²) >= 11 is 0. The van der Waals surface area contributed by atoms with Gasteiger partial charge in [0.1, 0.15) is 0 Å². The summed E-state index contributed by atoms with van der Waals surface area (Å²) in [7, 11) is 0. The first-order valence-corrected chi connectivity index (χ1v) is 14.7. The maximum absolute atomic E-state index is 4.63. The third-order valence-electron chi connectivity index (χ3n) is 7.05. The topological polar surface area (TPSA) is 25.8 Å². The lowest BCUT2D eigenvalue weighted by Gasteiger charge is -2.07. The van der Waals surface area contributed by atoms with Crippen LogP contribution in [-0.2, 0) is 12.8 Å². The molecular weight excluding hydrogens is 412 g/mol. The molecular formula is C32H52N2. The van der Waals surface area contributed by atoms with Crippen LogP contribution in [0, 0.1) is 0 Å². The van der Waals surface area contributed by atoms with E-state index in [9.17, 15) is 0 Å². The Morgan fingerprint density at radius 1 is 0.441 bits per heavy atom. The highest BCUT2D eigenvalue weighted by Crippen LogP contribution is 2.20. The van der Waals surface area contributed by atoms with Gasteiger partial charge in [0.25, 0.3) is 0 Å². The van der Waals surface area contributed by atoms with E-state index in [-0.39, 0.29) is 0 Å². The molecule has 2 heteroatoms. The molecule has 2 rings (SSSR count). The molecule has 0 bridgehead atoms. The van der Waals surface area contributed by atoms with Crippen LogP contribution in [-0.4, -0.2) is 9.97 Å². The van der Waals surface area contributed by atoms with Gasteiger partial charge in [0.15, 0.2) is 0 Å². The molecule has 2 aromatic heterocycles. The van der Waals surface area contributed by atoms with Crippen molar-refractivity contribution in [1.82, 2.24) is 9.97 Å². The van der Waals surface area contributed by atoms with E-state index in [1.54, 1.807) is 0 Å². The predicted octanol–water partition coefficient (Wildman–Crippen LogP) is 10.3. The van der Waals surface area contributed by atoms with Crippen LogP contribution in [0.5, 0.6) is 0 Å². The van der Waals surface area contributed by atoms with Gasteiger partial charge in [0.05, 0.1) is 11.4 Å². The van der Waals surface area contributed by atoms with Gasteiger partial charge in [-0.05, 0) is 61.1 Å². The number of aryl methyl sites for hydroxylation is 2. The fraction of sp³-hybridized carbons (Fsp3) is 0.688. The van der Waals surface area contributed by atoms with E-state index in [4.69, 9.17) is 0 Å². The summed E-state index contributed by atoms with van der Waals surface area (Å²) in [5.74, 6) is 0. The number of unbranched alkanes of at least 4 members (excludes halogenated alkanes) is 16. The third-order valence-corrected chi connectivity index (χ3v) is 7.05. The van der Waals surface area contributed by atoms with Gasteiger partial charge in [-0.2, -0.15) is 0 Å². The summed E-state index contributed by atoms with van der Waals surface area (Å²) in [6.07, 6.45) is 31.1. The van der Waals surface area contributed by atoms with Crippen molar-refractivity contribution in [2.24, 2.45) is 0 Å². The Labute approximate surface area is 211 Å². The van der Waals surface area contributed by atoms with E-state index in [1.807, 2.05) is 12.4 Å². The van der Waals surface area contributed by atoms with E-state index < -0.39 is 0 Å². The van der Waals surface area contributed by atoms with Crippen LogP contribution in [0.1, 0.15) is 141 Å². The van der Waals surface area contributed by atoms with Crippen molar-refractivity contribution in [3.05, 3.63) is 47.8 Å². The van der Waals surface area contributed by atoms with Crippen LogP contribution >= 0.6 is 0 Å². The minimum Gasteiger partial charge on any atom is -0.255 e. The molecule has 0 unspecified atom stereocenters. The van der Waals surface area contributed by atoms with E-state index in [0.717, 1.165) is 24.2 Å². The van der Waals surface area contributed by atoms with Gasteiger partial charge in [0.2, 0.25) is 0 Å². The monoisotopic (exact) mass is 464 g/mol. The summed E-state index contributed by atoms with van der Waals surface area (Å²) in [5, 5.41) is 0. The molecule has 190 valence electrons. The van der Waals surface area contributed by atoms with Crippen molar-refractivity contribution in [2.75, 3.05) is 0 Å². The fourth-order valence-corrected chi connectivity index (χ4v) is 4.82. The zero-order valence-electron chi connectivity index (χ0n) is 22.5. The Hall–Kier alpha value is -1.70. The highest BCUT2D eigenvalue weighted by molar-refractivity contribution is 5.55. The van der Waals surface area contributed by atoms with E-state index >= 15 is 0 Å². The molecule has 0 spiro atoms. The Bertz CT molecular complexity index is 676. The molecule has 0 saturated heterocycles. The van der Waals surface area contributed by atoms with E-state index in [0.29, 0.717) is 0 Å². The summed E-state index contributed by atoms with van der Waals surface area (Å²) in [6, 6.07) is 8.88. The summed E-state index contributed by atoms with van der Waals surface area (Å²) < 4.78 is 0. The van der Waals surface area contributed by atoms with Crippen molar-refractivity contribution in [3.8, 4) is 11.4 Å². The molecule has 0 saturated carbocycles. The molecule has 0 amide bonds. The zero-order valence-corrected chi connectivity index (χ0v) is 22.5. The van der Waals surface area contributed by atoms with Gasteiger partial charge in [-0.3, -0.25) is 9.97 Å². The SMILES string of the molecule is CCCCCCCCCCCc1ccnc(-c2cc(CCCCCCCCCCC)ccn2)c1. The Balaban J connectivity index is 1.66. The number of aromatic nitrogens is 2. The largest absolute Gasteiger partial charge is 0.255 e. The van der Waals surface area contributed by atoms with Crippen molar-refractivity contribution in [1.29, 1.82) is 0 Å². The molecule has 0 atom stereocenters. The molecule has 2 nitrogen and oxygen atoms in total. The van der Waals surface area contributed by atoms with E-state index in [2.05, 4.69) is 48.1 Å². The quantitative estimate of drug-likeness (QED) is 0.172. The molecule has 0 aliphatic rings. The second-order valence-corrected chi connectivity index (χ2v) is 10.3. The molecule has 0 aliphatic carbocycles. The minimum atomic E-state index is 1.03. The lowest BCUT2D eigenvalue weighted by molar-refractivity contribution is 0.565. The van der Waals surface area contributed by atoms with Gasteiger partial charge >= 0.3 is 0 Å². The van der Waals surface area contributed by atoms with Crippen molar-refractivity contribution < 1.29 is 0 Å². The number of nitrogens with zero attached hydrogens (tertiary/aromatic N) is 2. The average molecular weight is 465 g/mol. The van der Waals surface area contributed by atoms with Crippen molar-refractivity contribution >= 4 is 0 Å². The highest BCUT2D eigenvalue weighted by Gasteiger charge is 2.05. The maximum Gasteiger partial charge on any atom is 0.0888 e. The Morgan fingerprint density at radius 2 is 0.765 bits per heavy atom. The molecule has 34 heavy (non-hydrogen) atoms. The first-order valence-electron chi connectivity index (χ1n) is 14.7. The number of hydrogen-bond donors (Lipinski definition) is 0. The van der Waals surface area contributed by atoms with Crippen LogP contribution in [0.3, 0.4) is 0 Å². The van der Waals surface area contributed by atoms with Crippen molar-refractivity contribution in [3.63, 3.8) is 0 Å². The van der Waals surface area contributed by atoms with Gasteiger partial charge in [-0.15, -0.1) is 0 Å².